The van der Waals surface area contributed by atoms with Crippen LogP contribution in [0.3, 0.4) is 0 Å². The van der Waals surface area contributed by atoms with Gasteiger partial charge in [-0.2, -0.15) is 5.10 Å². The van der Waals surface area contributed by atoms with Gasteiger partial charge in [0.25, 0.3) is 0 Å². The number of H-pyrrole nitrogens is 1. The number of hydrogen-bond donors (Lipinski definition) is 3. The van der Waals surface area contributed by atoms with Gasteiger partial charge in [0.2, 0.25) is 0 Å². The van der Waals surface area contributed by atoms with E-state index in [4.69, 9.17) is 0 Å². The number of anilines is 1. The Bertz CT molecular complexity index is 594. The Balaban J connectivity index is 1.57. The Morgan fingerprint density at radius 2 is 2.09 bits per heavy atom. The van der Waals surface area contributed by atoms with Crippen molar-refractivity contribution >= 4 is 5.69 Å². The van der Waals surface area contributed by atoms with Crippen LogP contribution in [0.4, 0.5) is 10.1 Å². The number of aliphatic hydroxyl groups excluding tert-OH is 1. The van der Waals surface area contributed by atoms with Crippen LogP contribution in [0, 0.1) is 5.82 Å². The molecular formula is C16H21FN4O. The highest BCUT2D eigenvalue weighted by atomic mass is 19.1. The van der Waals surface area contributed by atoms with E-state index < -0.39 is 0 Å². The average molecular weight is 304 g/mol. The van der Waals surface area contributed by atoms with Gasteiger partial charge >= 0.3 is 0 Å². The minimum Gasteiger partial charge on any atom is -0.393 e. The fourth-order valence-electron chi connectivity index (χ4n) is 2.75. The van der Waals surface area contributed by atoms with Gasteiger partial charge in [-0.1, -0.05) is 6.07 Å². The predicted octanol–water partition coefficient (Wildman–Crippen LogP) is 1.80. The molecule has 0 spiro atoms. The maximum Gasteiger partial charge on any atom is 0.146 e. The Morgan fingerprint density at radius 1 is 1.27 bits per heavy atom. The highest BCUT2D eigenvalue weighted by Crippen LogP contribution is 2.24. The van der Waals surface area contributed by atoms with E-state index in [2.05, 4.69) is 15.5 Å². The third kappa shape index (κ3) is 3.64. The Labute approximate surface area is 129 Å². The normalized spacial score (nSPS) is 16.2. The molecule has 1 fully saturated rings. The molecule has 3 rings (SSSR count). The number of piperidine rings is 1. The van der Waals surface area contributed by atoms with Crippen LogP contribution < -0.4 is 10.2 Å². The molecule has 1 aliphatic rings. The molecule has 22 heavy (non-hydrogen) atoms. The highest BCUT2D eigenvalue weighted by molar-refractivity contribution is 5.49. The summed E-state index contributed by atoms with van der Waals surface area (Å²) < 4.78 is 14.3. The van der Waals surface area contributed by atoms with Crippen LogP contribution in [0.5, 0.6) is 0 Å². The van der Waals surface area contributed by atoms with Gasteiger partial charge in [0.05, 0.1) is 11.8 Å². The first-order chi connectivity index (χ1) is 10.7. The van der Waals surface area contributed by atoms with Crippen molar-refractivity contribution in [3.05, 3.63) is 47.5 Å². The van der Waals surface area contributed by atoms with Crippen molar-refractivity contribution in [1.82, 2.24) is 15.5 Å². The summed E-state index contributed by atoms with van der Waals surface area (Å²) in [6.45, 7) is 2.69. The van der Waals surface area contributed by atoms with Crippen LogP contribution in [-0.4, -0.2) is 34.5 Å². The van der Waals surface area contributed by atoms with Crippen LogP contribution in [0.2, 0.25) is 0 Å². The van der Waals surface area contributed by atoms with Gasteiger partial charge in [0.1, 0.15) is 5.82 Å². The summed E-state index contributed by atoms with van der Waals surface area (Å²) in [6.07, 6.45) is 2.87. The maximum absolute atomic E-state index is 14.3. The highest BCUT2D eigenvalue weighted by Gasteiger charge is 2.19. The van der Waals surface area contributed by atoms with Crippen LogP contribution >= 0.6 is 0 Å². The minimum absolute atomic E-state index is 0.197. The van der Waals surface area contributed by atoms with E-state index in [0.29, 0.717) is 44.7 Å². The molecule has 5 nitrogen and oxygen atoms in total. The van der Waals surface area contributed by atoms with Gasteiger partial charge < -0.3 is 15.3 Å². The lowest BCUT2D eigenvalue weighted by Crippen LogP contribution is -2.36. The SMILES string of the molecule is OC1CCN(c2ccc(CNCc3ccn[nH]3)cc2F)CC1. The van der Waals surface area contributed by atoms with Gasteiger partial charge in [-0.05, 0) is 36.6 Å². The molecule has 3 N–H and O–H groups in total. The molecule has 6 heteroatoms. The summed E-state index contributed by atoms with van der Waals surface area (Å²) in [7, 11) is 0. The molecule has 1 aliphatic heterocycles. The number of nitrogens with one attached hydrogen (secondary N) is 2. The van der Waals surface area contributed by atoms with Gasteiger partial charge in [0, 0.05) is 38.1 Å². The van der Waals surface area contributed by atoms with E-state index in [1.165, 1.54) is 0 Å². The average Bonchev–Trinajstić information content (AvgIpc) is 3.02. The molecule has 1 aromatic carbocycles. The van der Waals surface area contributed by atoms with E-state index in [9.17, 15) is 9.50 Å². The van der Waals surface area contributed by atoms with Crippen molar-refractivity contribution in [2.75, 3.05) is 18.0 Å². The van der Waals surface area contributed by atoms with Crippen molar-refractivity contribution in [3.8, 4) is 0 Å². The zero-order valence-electron chi connectivity index (χ0n) is 12.4. The van der Waals surface area contributed by atoms with Gasteiger partial charge in [-0.15, -0.1) is 0 Å². The summed E-state index contributed by atoms with van der Waals surface area (Å²) in [5.74, 6) is -0.197. The minimum atomic E-state index is -0.245. The van der Waals surface area contributed by atoms with Crippen molar-refractivity contribution in [2.45, 2.75) is 32.0 Å². The first-order valence-corrected chi connectivity index (χ1v) is 7.63. The van der Waals surface area contributed by atoms with Crippen molar-refractivity contribution in [1.29, 1.82) is 0 Å². The first-order valence-electron chi connectivity index (χ1n) is 7.63. The number of halogens is 1. The number of aliphatic hydroxyl groups is 1. The van der Waals surface area contributed by atoms with Crippen LogP contribution in [0.25, 0.3) is 0 Å². The second-order valence-electron chi connectivity index (χ2n) is 5.69. The molecule has 0 unspecified atom stereocenters. The van der Waals surface area contributed by atoms with E-state index in [1.807, 2.05) is 23.1 Å². The zero-order valence-corrected chi connectivity index (χ0v) is 12.4. The lowest BCUT2D eigenvalue weighted by molar-refractivity contribution is 0.145. The maximum atomic E-state index is 14.3. The summed E-state index contributed by atoms with van der Waals surface area (Å²) in [5.41, 5.74) is 2.55. The molecule has 2 heterocycles. The Morgan fingerprint density at radius 3 is 2.77 bits per heavy atom. The molecule has 0 aliphatic carbocycles. The quantitative estimate of drug-likeness (QED) is 0.788. The predicted molar refractivity (Wildman–Crippen MR) is 83.0 cm³/mol. The van der Waals surface area contributed by atoms with Gasteiger partial charge in [-0.3, -0.25) is 5.10 Å². The molecule has 118 valence electrons. The number of aromatic nitrogens is 2. The van der Waals surface area contributed by atoms with Crippen molar-refractivity contribution in [3.63, 3.8) is 0 Å². The summed E-state index contributed by atoms with van der Waals surface area (Å²) in [4.78, 5) is 2.00. The lowest BCUT2D eigenvalue weighted by atomic mass is 10.1. The first kappa shape index (κ1) is 15.0. The number of aromatic amines is 1. The molecule has 0 radical (unpaired) electrons. The molecule has 0 bridgehead atoms. The van der Waals surface area contributed by atoms with E-state index in [0.717, 1.165) is 11.3 Å². The molecule has 0 saturated carbocycles. The van der Waals surface area contributed by atoms with E-state index in [-0.39, 0.29) is 11.9 Å². The third-order valence-electron chi connectivity index (χ3n) is 4.02. The summed E-state index contributed by atoms with van der Waals surface area (Å²) in [5, 5.41) is 19.5. The number of benzene rings is 1. The number of rotatable bonds is 5. The second-order valence-corrected chi connectivity index (χ2v) is 5.69. The fraction of sp³-hybridized carbons (Fsp3) is 0.438. The zero-order chi connectivity index (χ0) is 15.4. The smallest absolute Gasteiger partial charge is 0.146 e. The largest absolute Gasteiger partial charge is 0.393 e. The number of nitrogens with zero attached hydrogens (tertiary/aromatic N) is 2. The lowest BCUT2D eigenvalue weighted by Gasteiger charge is -2.31. The fourth-order valence-corrected chi connectivity index (χ4v) is 2.75. The molecule has 2 aromatic rings. The summed E-state index contributed by atoms with van der Waals surface area (Å²) in [6, 6.07) is 7.27. The topological polar surface area (TPSA) is 64.2 Å². The van der Waals surface area contributed by atoms with Crippen LogP contribution in [-0.2, 0) is 13.1 Å². The molecule has 0 amide bonds. The van der Waals surface area contributed by atoms with Crippen molar-refractivity contribution < 1.29 is 9.50 Å². The second kappa shape index (κ2) is 6.89. The molecule has 0 atom stereocenters. The van der Waals surface area contributed by atoms with E-state index >= 15 is 0 Å². The van der Waals surface area contributed by atoms with Crippen molar-refractivity contribution in [2.24, 2.45) is 0 Å². The molecule has 1 aromatic heterocycles. The molecular weight excluding hydrogens is 283 g/mol. The van der Waals surface area contributed by atoms with E-state index in [1.54, 1.807) is 12.3 Å². The van der Waals surface area contributed by atoms with Gasteiger partial charge in [-0.25, -0.2) is 4.39 Å². The monoisotopic (exact) mass is 304 g/mol. The van der Waals surface area contributed by atoms with Gasteiger partial charge in [0.15, 0.2) is 0 Å². The summed E-state index contributed by atoms with van der Waals surface area (Å²) >= 11 is 0. The molecule has 1 saturated heterocycles. The Hall–Kier alpha value is -1.92. The van der Waals surface area contributed by atoms with Crippen LogP contribution in [0.15, 0.2) is 30.5 Å². The third-order valence-corrected chi connectivity index (χ3v) is 4.02. The van der Waals surface area contributed by atoms with Crippen LogP contribution in [0.1, 0.15) is 24.1 Å². The Kier molecular flexibility index (Phi) is 4.70. The standard InChI is InChI=1S/C16H21FN4O/c17-15-9-12(10-18-11-13-3-6-19-20-13)1-2-16(15)21-7-4-14(22)5-8-21/h1-3,6,9,14,18,22H,4-5,7-8,10-11H2,(H,19,20). The number of hydrogen-bond acceptors (Lipinski definition) is 4.